The van der Waals surface area contributed by atoms with E-state index >= 15 is 0 Å². The van der Waals surface area contributed by atoms with Gasteiger partial charge in [-0.2, -0.15) is 8.42 Å². The first-order valence-corrected chi connectivity index (χ1v) is 6.35. The SMILES string of the molecule is CC(C)(C)OC(=O)c1ccc(OS(=O)(=O)F)cc1. The van der Waals surface area contributed by atoms with Gasteiger partial charge in [0.2, 0.25) is 0 Å². The number of carbonyl (C=O) groups is 1. The fourth-order valence-electron chi connectivity index (χ4n) is 1.10. The maximum absolute atomic E-state index is 12.2. The molecule has 0 fully saturated rings. The summed E-state index contributed by atoms with van der Waals surface area (Å²) in [5.74, 6) is -0.776. The molecule has 0 aliphatic carbocycles. The minimum absolute atomic E-state index is 0.216. The minimum Gasteiger partial charge on any atom is -0.456 e. The second-order valence-electron chi connectivity index (χ2n) is 4.50. The average Bonchev–Trinajstić information content (AvgIpc) is 2.13. The van der Waals surface area contributed by atoms with Crippen LogP contribution in [0.15, 0.2) is 24.3 Å². The maximum Gasteiger partial charge on any atom is 0.488 e. The fraction of sp³-hybridized carbons (Fsp3) is 0.364. The average molecular weight is 276 g/mol. The zero-order valence-electron chi connectivity index (χ0n) is 10.1. The standard InChI is InChI=1S/C11H13FO5S/c1-11(2,3)16-10(13)8-4-6-9(7-5-8)17-18(12,14)15/h4-7H,1-3H3. The molecule has 18 heavy (non-hydrogen) atoms. The van der Waals surface area contributed by atoms with Crippen LogP contribution < -0.4 is 4.18 Å². The van der Waals surface area contributed by atoms with E-state index in [-0.39, 0.29) is 11.3 Å². The summed E-state index contributed by atoms with van der Waals surface area (Å²) in [5, 5.41) is 0. The summed E-state index contributed by atoms with van der Waals surface area (Å²) in [6.45, 7) is 5.16. The molecule has 1 aromatic carbocycles. The Bertz CT molecular complexity index is 528. The van der Waals surface area contributed by atoms with Crippen LogP contribution >= 0.6 is 0 Å². The van der Waals surface area contributed by atoms with Gasteiger partial charge >= 0.3 is 16.5 Å². The smallest absolute Gasteiger partial charge is 0.456 e. The number of ether oxygens (including phenoxy) is 1. The lowest BCUT2D eigenvalue weighted by atomic mass is 10.1. The molecule has 0 spiro atoms. The van der Waals surface area contributed by atoms with E-state index < -0.39 is 22.1 Å². The second kappa shape index (κ2) is 4.93. The Morgan fingerprint density at radius 3 is 2.06 bits per heavy atom. The summed E-state index contributed by atoms with van der Waals surface area (Å²) < 4.78 is 41.8. The lowest BCUT2D eigenvalue weighted by Crippen LogP contribution is -2.23. The molecular formula is C11H13FO5S. The number of rotatable bonds is 3. The highest BCUT2D eigenvalue weighted by molar-refractivity contribution is 7.81. The summed E-state index contributed by atoms with van der Waals surface area (Å²) in [6, 6.07) is 4.90. The fourth-order valence-corrected chi connectivity index (χ4v) is 1.44. The predicted octanol–water partition coefficient (Wildman–Crippen LogP) is 2.24. The van der Waals surface area contributed by atoms with E-state index in [1.807, 2.05) is 0 Å². The van der Waals surface area contributed by atoms with Crippen molar-refractivity contribution in [2.24, 2.45) is 0 Å². The molecule has 0 saturated heterocycles. The first-order chi connectivity index (χ1) is 8.07. The molecule has 0 heterocycles. The van der Waals surface area contributed by atoms with E-state index in [1.54, 1.807) is 20.8 Å². The largest absolute Gasteiger partial charge is 0.488 e. The summed E-state index contributed by atoms with van der Waals surface area (Å²) in [5.41, 5.74) is -0.414. The molecule has 100 valence electrons. The zero-order chi connectivity index (χ0) is 14.0. The summed E-state index contributed by atoms with van der Waals surface area (Å²) in [6.07, 6.45) is 0. The molecular weight excluding hydrogens is 263 g/mol. The molecule has 0 aliphatic rings. The van der Waals surface area contributed by atoms with Gasteiger partial charge in [0.25, 0.3) is 0 Å². The van der Waals surface area contributed by atoms with Gasteiger partial charge in [0.1, 0.15) is 11.4 Å². The summed E-state index contributed by atoms with van der Waals surface area (Å²) in [4.78, 5) is 11.6. The van der Waals surface area contributed by atoms with Crippen molar-refractivity contribution in [1.82, 2.24) is 0 Å². The van der Waals surface area contributed by atoms with Crippen molar-refractivity contribution in [3.8, 4) is 5.75 Å². The van der Waals surface area contributed by atoms with Crippen LogP contribution in [0.1, 0.15) is 31.1 Å². The van der Waals surface area contributed by atoms with Crippen molar-refractivity contribution in [3.63, 3.8) is 0 Å². The Balaban J connectivity index is 2.80. The van der Waals surface area contributed by atoms with Crippen molar-refractivity contribution < 1.29 is 26.0 Å². The van der Waals surface area contributed by atoms with Crippen LogP contribution in [0.2, 0.25) is 0 Å². The third-order valence-corrected chi connectivity index (χ3v) is 2.08. The van der Waals surface area contributed by atoms with Gasteiger partial charge in [-0.05, 0) is 45.0 Å². The highest BCUT2D eigenvalue weighted by atomic mass is 32.3. The molecule has 5 nitrogen and oxygen atoms in total. The third kappa shape index (κ3) is 5.13. The lowest BCUT2D eigenvalue weighted by Gasteiger charge is -2.19. The quantitative estimate of drug-likeness (QED) is 0.625. The zero-order valence-corrected chi connectivity index (χ0v) is 11.0. The Hall–Kier alpha value is -1.63. The monoisotopic (exact) mass is 276 g/mol. The molecule has 0 atom stereocenters. The van der Waals surface area contributed by atoms with Crippen LogP contribution in [0.4, 0.5) is 3.89 Å². The Morgan fingerprint density at radius 1 is 1.17 bits per heavy atom. The topological polar surface area (TPSA) is 69.7 Å². The number of benzene rings is 1. The Labute approximate surface area is 105 Å². The molecule has 1 aromatic rings. The Kier molecular flexibility index (Phi) is 3.95. The second-order valence-corrected chi connectivity index (χ2v) is 5.46. The van der Waals surface area contributed by atoms with E-state index in [2.05, 4.69) is 4.18 Å². The van der Waals surface area contributed by atoms with E-state index in [9.17, 15) is 17.1 Å². The van der Waals surface area contributed by atoms with E-state index in [0.29, 0.717) is 0 Å². The number of carbonyl (C=O) groups excluding carboxylic acids is 1. The molecule has 0 saturated carbocycles. The molecule has 0 radical (unpaired) electrons. The Morgan fingerprint density at radius 2 is 1.67 bits per heavy atom. The third-order valence-electron chi connectivity index (χ3n) is 1.68. The molecule has 0 aliphatic heterocycles. The van der Waals surface area contributed by atoms with Gasteiger partial charge in [0.15, 0.2) is 0 Å². The molecule has 1 rings (SSSR count). The van der Waals surface area contributed by atoms with Gasteiger partial charge < -0.3 is 8.92 Å². The number of hydrogen-bond acceptors (Lipinski definition) is 5. The van der Waals surface area contributed by atoms with Crippen LogP contribution in [0.3, 0.4) is 0 Å². The molecule has 0 aromatic heterocycles. The highest BCUT2D eigenvalue weighted by Crippen LogP contribution is 2.17. The van der Waals surface area contributed by atoms with Gasteiger partial charge in [-0.3, -0.25) is 0 Å². The molecule has 0 amide bonds. The van der Waals surface area contributed by atoms with Crippen molar-refractivity contribution in [2.45, 2.75) is 26.4 Å². The minimum atomic E-state index is -5.06. The van der Waals surface area contributed by atoms with Gasteiger partial charge in [0.05, 0.1) is 5.56 Å². The van der Waals surface area contributed by atoms with Gasteiger partial charge in [-0.15, -0.1) is 0 Å². The normalized spacial score (nSPS) is 12.0. The van der Waals surface area contributed by atoms with Crippen LogP contribution in [0.5, 0.6) is 5.75 Å². The van der Waals surface area contributed by atoms with Gasteiger partial charge in [0, 0.05) is 0 Å². The van der Waals surface area contributed by atoms with Crippen molar-refractivity contribution in [3.05, 3.63) is 29.8 Å². The number of halogens is 1. The molecule has 0 unspecified atom stereocenters. The first kappa shape index (κ1) is 14.4. The number of hydrogen-bond donors (Lipinski definition) is 0. The first-order valence-electron chi connectivity index (χ1n) is 5.04. The number of esters is 1. The van der Waals surface area contributed by atoms with Gasteiger partial charge in [-0.1, -0.05) is 3.89 Å². The van der Waals surface area contributed by atoms with Crippen LogP contribution in [0, 0.1) is 0 Å². The van der Waals surface area contributed by atoms with E-state index in [1.165, 1.54) is 12.1 Å². The predicted molar refractivity (Wildman–Crippen MR) is 62.3 cm³/mol. The molecule has 0 N–H and O–H groups in total. The maximum atomic E-state index is 12.2. The van der Waals surface area contributed by atoms with E-state index in [0.717, 1.165) is 12.1 Å². The highest BCUT2D eigenvalue weighted by Gasteiger charge is 2.18. The van der Waals surface area contributed by atoms with Crippen molar-refractivity contribution in [1.29, 1.82) is 0 Å². The van der Waals surface area contributed by atoms with E-state index in [4.69, 9.17) is 4.74 Å². The summed E-state index contributed by atoms with van der Waals surface area (Å²) >= 11 is 0. The molecule has 0 bridgehead atoms. The van der Waals surface area contributed by atoms with Gasteiger partial charge in [-0.25, -0.2) is 4.79 Å². The molecule has 7 heteroatoms. The van der Waals surface area contributed by atoms with Crippen molar-refractivity contribution >= 4 is 16.5 Å². The van der Waals surface area contributed by atoms with Crippen LogP contribution in [-0.2, 0) is 15.2 Å². The van der Waals surface area contributed by atoms with Crippen LogP contribution in [0.25, 0.3) is 0 Å². The summed E-state index contributed by atoms with van der Waals surface area (Å²) in [7, 11) is -5.06. The van der Waals surface area contributed by atoms with Crippen molar-refractivity contribution in [2.75, 3.05) is 0 Å². The van der Waals surface area contributed by atoms with Crippen LogP contribution in [-0.4, -0.2) is 20.0 Å². The lowest BCUT2D eigenvalue weighted by molar-refractivity contribution is 0.00695.